The highest BCUT2D eigenvalue weighted by Crippen LogP contribution is 2.30. The summed E-state index contributed by atoms with van der Waals surface area (Å²) < 4.78 is 6.32. The minimum atomic E-state index is -0.503. The van der Waals surface area contributed by atoms with Crippen LogP contribution in [0.4, 0.5) is 11.4 Å². The lowest BCUT2D eigenvalue weighted by Gasteiger charge is -2.11. The summed E-state index contributed by atoms with van der Waals surface area (Å²) in [5, 5.41) is 13.5. The first-order valence-corrected chi connectivity index (χ1v) is 9.26. The largest absolute Gasteiger partial charge is 0.483 e. The number of nitrogens with one attached hydrogen (secondary N) is 1. The van der Waals surface area contributed by atoms with Crippen LogP contribution in [0.1, 0.15) is 5.56 Å². The quantitative estimate of drug-likeness (QED) is 0.413. The summed E-state index contributed by atoms with van der Waals surface area (Å²) in [5.74, 6) is 0.133. The second-order valence-electron chi connectivity index (χ2n) is 6.10. The van der Waals surface area contributed by atoms with Crippen LogP contribution in [0.15, 0.2) is 71.2 Å². The molecule has 0 atom stereocenters. The molecular formula is C21H17BrN2O4. The Morgan fingerprint density at radius 1 is 1.07 bits per heavy atom. The molecule has 0 spiro atoms. The number of halogens is 1. The van der Waals surface area contributed by atoms with Gasteiger partial charge in [0.15, 0.2) is 6.61 Å². The third-order valence-corrected chi connectivity index (χ3v) is 4.72. The minimum absolute atomic E-state index is 0.0823. The Hall–Kier alpha value is -3.19. The molecule has 0 bridgehead atoms. The van der Waals surface area contributed by atoms with Gasteiger partial charge in [-0.1, -0.05) is 42.5 Å². The van der Waals surface area contributed by atoms with Crippen LogP contribution in [0.25, 0.3) is 11.1 Å². The van der Waals surface area contributed by atoms with Gasteiger partial charge in [-0.3, -0.25) is 14.9 Å². The van der Waals surface area contributed by atoms with Gasteiger partial charge in [-0.15, -0.1) is 0 Å². The van der Waals surface area contributed by atoms with Gasteiger partial charge in [0.1, 0.15) is 5.75 Å². The number of carbonyl (C=O) groups excluding carboxylic acids is 1. The number of rotatable bonds is 6. The van der Waals surface area contributed by atoms with E-state index in [4.69, 9.17) is 4.74 Å². The van der Waals surface area contributed by atoms with E-state index in [2.05, 4.69) is 21.2 Å². The third kappa shape index (κ3) is 4.75. The van der Waals surface area contributed by atoms with Crippen molar-refractivity contribution in [2.45, 2.75) is 6.92 Å². The molecule has 3 rings (SSSR count). The number of hydrogen-bond acceptors (Lipinski definition) is 4. The van der Waals surface area contributed by atoms with Gasteiger partial charge in [0.25, 0.3) is 11.6 Å². The van der Waals surface area contributed by atoms with Crippen LogP contribution in [0.3, 0.4) is 0 Å². The van der Waals surface area contributed by atoms with E-state index in [0.717, 1.165) is 21.2 Å². The number of aryl methyl sites for hydroxylation is 1. The topological polar surface area (TPSA) is 81.5 Å². The molecule has 3 aromatic rings. The number of nitrogens with zero attached hydrogens (tertiary/aromatic N) is 1. The van der Waals surface area contributed by atoms with E-state index in [0.29, 0.717) is 11.4 Å². The predicted octanol–water partition coefficient (Wildman–Crippen LogP) is 5.35. The SMILES string of the molecule is Cc1ccc([N+](=O)[O-])cc1NC(=O)COc1ccc(-c2ccccc2)cc1Br. The molecule has 1 N–H and O–H groups in total. The maximum atomic E-state index is 12.2. The molecule has 0 radical (unpaired) electrons. The number of hydrogen-bond donors (Lipinski definition) is 1. The van der Waals surface area contributed by atoms with E-state index >= 15 is 0 Å². The molecule has 7 heteroatoms. The minimum Gasteiger partial charge on any atom is -0.483 e. The lowest BCUT2D eigenvalue weighted by Crippen LogP contribution is -2.20. The van der Waals surface area contributed by atoms with E-state index in [1.54, 1.807) is 19.1 Å². The lowest BCUT2D eigenvalue weighted by molar-refractivity contribution is -0.384. The molecule has 3 aromatic carbocycles. The predicted molar refractivity (Wildman–Crippen MR) is 112 cm³/mol. The average Bonchev–Trinajstić information content (AvgIpc) is 2.69. The zero-order valence-electron chi connectivity index (χ0n) is 15.0. The van der Waals surface area contributed by atoms with Gasteiger partial charge in [-0.2, -0.15) is 0 Å². The van der Waals surface area contributed by atoms with Crippen LogP contribution in [0.5, 0.6) is 5.75 Å². The maximum Gasteiger partial charge on any atom is 0.271 e. The average molecular weight is 441 g/mol. The molecule has 0 saturated carbocycles. The summed E-state index contributed by atoms with van der Waals surface area (Å²) in [7, 11) is 0. The summed E-state index contributed by atoms with van der Waals surface area (Å²) in [6.45, 7) is 1.55. The molecule has 0 aromatic heterocycles. The highest BCUT2D eigenvalue weighted by Gasteiger charge is 2.12. The van der Waals surface area contributed by atoms with Crippen LogP contribution in [-0.2, 0) is 4.79 Å². The second kappa shape index (κ2) is 8.67. The second-order valence-corrected chi connectivity index (χ2v) is 6.96. The van der Waals surface area contributed by atoms with Crippen molar-refractivity contribution in [3.8, 4) is 16.9 Å². The standard InChI is InChI=1S/C21H17BrN2O4/c1-14-7-9-17(24(26)27)12-19(14)23-21(25)13-28-20-10-8-16(11-18(20)22)15-5-3-2-4-6-15/h2-12H,13H2,1H3,(H,23,25). The monoisotopic (exact) mass is 440 g/mol. The number of non-ortho nitro benzene ring substituents is 1. The highest BCUT2D eigenvalue weighted by molar-refractivity contribution is 9.10. The molecule has 142 valence electrons. The van der Waals surface area contributed by atoms with Crippen molar-refractivity contribution in [2.75, 3.05) is 11.9 Å². The van der Waals surface area contributed by atoms with Gasteiger partial charge < -0.3 is 10.1 Å². The number of carbonyl (C=O) groups is 1. The van der Waals surface area contributed by atoms with E-state index in [1.165, 1.54) is 12.1 Å². The molecule has 28 heavy (non-hydrogen) atoms. The number of benzene rings is 3. The summed E-state index contributed by atoms with van der Waals surface area (Å²) in [6.07, 6.45) is 0. The molecule has 0 aliphatic heterocycles. The third-order valence-electron chi connectivity index (χ3n) is 4.10. The molecule has 0 saturated heterocycles. The first kappa shape index (κ1) is 19.6. The fourth-order valence-corrected chi connectivity index (χ4v) is 3.11. The number of anilines is 1. The van der Waals surface area contributed by atoms with Crippen molar-refractivity contribution >= 4 is 33.2 Å². The van der Waals surface area contributed by atoms with Crippen LogP contribution in [0.2, 0.25) is 0 Å². The Kier molecular flexibility index (Phi) is 6.06. The van der Waals surface area contributed by atoms with Gasteiger partial charge >= 0.3 is 0 Å². The van der Waals surface area contributed by atoms with Gasteiger partial charge in [-0.25, -0.2) is 0 Å². The van der Waals surface area contributed by atoms with Crippen molar-refractivity contribution in [2.24, 2.45) is 0 Å². The van der Waals surface area contributed by atoms with Gasteiger partial charge in [0.05, 0.1) is 15.1 Å². The fourth-order valence-electron chi connectivity index (χ4n) is 2.62. The van der Waals surface area contributed by atoms with Crippen molar-refractivity contribution in [1.29, 1.82) is 0 Å². The Balaban J connectivity index is 1.65. The Bertz CT molecular complexity index is 1020. The van der Waals surface area contributed by atoms with E-state index < -0.39 is 10.8 Å². The van der Waals surface area contributed by atoms with E-state index in [-0.39, 0.29) is 12.3 Å². The molecule has 1 amide bonds. The van der Waals surface area contributed by atoms with Crippen molar-refractivity contribution < 1.29 is 14.5 Å². The summed E-state index contributed by atoms with van der Waals surface area (Å²) in [6, 6.07) is 19.9. The highest BCUT2D eigenvalue weighted by atomic mass is 79.9. The van der Waals surface area contributed by atoms with E-state index in [9.17, 15) is 14.9 Å². The zero-order chi connectivity index (χ0) is 20.1. The van der Waals surface area contributed by atoms with Crippen molar-refractivity contribution in [3.63, 3.8) is 0 Å². The fraction of sp³-hybridized carbons (Fsp3) is 0.0952. The Labute approximate surface area is 170 Å². The summed E-state index contributed by atoms with van der Waals surface area (Å²) in [5.41, 5.74) is 3.14. The molecule has 0 heterocycles. The molecule has 0 unspecified atom stereocenters. The Morgan fingerprint density at radius 2 is 1.82 bits per heavy atom. The normalized spacial score (nSPS) is 10.4. The van der Waals surface area contributed by atoms with Crippen LogP contribution >= 0.6 is 15.9 Å². The van der Waals surface area contributed by atoms with E-state index in [1.807, 2.05) is 42.5 Å². The van der Waals surface area contributed by atoms with Crippen molar-refractivity contribution in [3.05, 3.63) is 86.9 Å². The first-order chi connectivity index (χ1) is 13.4. The molecule has 0 aliphatic rings. The smallest absolute Gasteiger partial charge is 0.271 e. The summed E-state index contributed by atoms with van der Waals surface area (Å²) >= 11 is 3.47. The van der Waals surface area contributed by atoms with Gasteiger partial charge in [0, 0.05) is 12.1 Å². The first-order valence-electron chi connectivity index (χ1n) is 8.46. The lowest BCUT2D eigenvalue weighted by atomic mass is 10.1. The molecule has 0 fully saturated rings. The van der Waals surface area contributed by atoms with Gasteiger partial charge in [-0.05, 0) is 51.7 Å². The molecule has 0 aliphatic carbocycles. The number of nitro benzene ring substituents is 1. The number of ether oxygens (including phenoxy) is 1. The van der Waals surface area contributed by atoms with Crippen LogP contribution < -0.4 is 10.1 Å². The molecular weight excluding hydrogens is 424 g/mol. The zero-order valence-corrected chi connectivity index (χ0v) is 16.6. The maximum absolute atomic E-state index is 12.2. The van der Waals surface area contributed by atoms with Gasteiger partial charge in [0.2, 0.25) is 0 Å². The molecule has 6 nitrogen and oxygen atoms in total. The van der Waals surface area contributed by atoms with Crippen LogP contribution in [0, 0.1) is 17.0 Å². The van der Waals surface area contributed by atoms with Crippen LogP contribution in [-0.4, -0.2) is 17.4 Å². The number of nitro groups is 1. The number of amides is 1. The van der Waals surface area contributed by atoms with Crippen molar-refractivity contribution in [1.82, 2.24) is 0 Å². The Morgan fingerprint density at radius 3 is 2.50 bits per heavy atom. The summed E-state index contributed by atoms with van der Waals surface area (Å²) in [4.78, 5) is 22.6.